The van der Waals surface area contributed by atoms with Crippen LogP contribution >= 0.6 is 23.5 Å². The molecule has 0 aliphatic carbocycles. The Balaban J connectivity index is 1.94. The van der Waals surface area contributed by atoms with E-state index >= 15 is 0 Å². The van der Waals surface area contributed by atoms with Crippen molar-refractivity contribution in [1.82, 2.24) is 14.8 Å². The van der Waals surface area contributed by atoms with Crippen LogP contribution in [-0.2, 0) is 11.8 Å². The van der Waals surface area contributed by atoms with Crippen LogP contribution in [0.3, 0.4) is 0 Å². The van der Waals surface area contributed by atoms with Crippen LogP contribution in [-0.4, -0.2) is 31.7 Å². The third-order valence-corrected chi connectivity index (χ3v) is 4.91. The van der Waals surface area contributed by atoms with Gasteiger partial charge in [-0.05, 0) is 38.1 Å². The minimum absolute atomic E-state index is 0.190. The topological polar surface area (TPSA) is 59.8 Å². The molecule has 1 N–H and O–H groups in total. The van der Waals surface area contributed by atoms with Crippen LogP contribution in [0, 0.1) is 6.92 Å². The average molecular weight is 358 g/mol. The van der Waals surface area contributed by atoms with E-state index < -0.39 is 5.76 Å². The van der Waals surface area contributed by atoms with Gasteiger partial charge >= 0.3 is 0 Å². The number of carbonyl (C=O) groups excluding carboxylic acids is 1. The van der Waals surface area contributed by atoms with E-state index in [0.29, 0.717) is 27.5 Å². The lowest BCUT2D eigenvalue weighted by atomic mass is 10.3. The SMILES string of the molecule is Cc1nnc(S[C@H](C)C(=O)Nc2ccc(SC(F)F)cc2)n1C. The van der Waals surface area contributed by atoms with Crippen molar-refractivity contribution >= 4 is 35.1 Å². The summed E-state index contributed by atoms with van der Waals surface area (Å²) in [5, 5.41) is 11.0. The van der Waals surface area contributed by atoms with Crippen molar-refractivity contribution in [3.63, 3.8) is 0 Å². The van der Waals surface area contributed by atoms with Gasteiger partial charge in [0.1, 0.15) is 5.82 Å². The second-order valence-corrected chi connectivity index (χ2v) is 7.11. The number of amides is 1. The molecule has 0 spiro atoms. The summed E-state index contributed by atoms with van der Waals surface area (Å²) in [5.74, 6) is -1.88. The number of benzene rings is 1. The number of nitrogens with zero attached hydrogens (tertiary/aromatic N) is 3. The number of halogens is 2. The molecule has 1 atom stereocenters. The molecule has 0 saturated heterocycles. The number of aromatic nitrogens is 3. The van der Waals surface area contributed by atoms with Crippen molar-refractivity contribution in [1.29, 1.82) is 0 Å². The van der Waals surface area contributed by atoms with Crippen LogP contribution in [0.2, 0.25) is 0 Å². The molecule has 1 heterocycles. The highest BCUT2D eigenvalue weighted by Crippen LogP contribution is 2.27. The second kappa shape index (κ2) is 7.78. The number of alkyl halides is 2. The predicted octanol–water partition coefficient (Wildman–Crippen LogP) is 3.56. The highest BCUT2D eigenvalue weighted by molar-refractivity contribution is 8.00. The number of rotatable bonds is 6. The van der Waals surface area contributed by atoms with Gasteiger partial charge in [-0.3, -0.25) is 4.79 Å². The maximum absolute atomic E-state index is 12.3. The van der Waals surface area contributed by atoms with E-state index in [2.05, 4.69) is 15.5 Å². The Hall–Kier alpha value is -1.61. The molecule has 2 rings (SSSR count). The van der Waals surface area contributed by atoms with E-state index in [0.717, 1.165) is 5.82 Å². The monoisotopic (exact) mass is 358 g/mol. The molecule has 23 heavy (non-hydrogen) atoms. The summed E-state index contributed by atoms with van der Waals surface area (Å²) in [7, 11) is 1.84. The van der Waals surface area contributed by atoms with Crippen LogP contribution in [0.25, 0.3) is 0 Å². The summed E-state index contributed by atoms with van der Waals surface area (Å²) in [4.78, 5) is 12.6. The maximum atomic E-state index is 12.3. The van der Waals surface area contributed by atoms with Crippen molar-refractivity contribution < 1.29 is 13.6 Å². The van der Waals surface area contributed by atoms with Crippen molar-refractivity contribution in [3.8, 4) is 0 Å². The first kappa shape index (κ1) is 17.7. The third kappa shape index (κ3) is 4.93. The van der Waals surface area contributed by atoms with E-state index in [1.807, 2.05) is 18.5 Å². The van der Waals surface area contributed by atoms with Gasteiger partial charge in [-0.15, -0.1) is 10.2 Å². The van der Waals surface area contributed by atoms with E-state index in [1.165, 1.54) is 11.8 Å². The lowest BCUT2D eigenvalue weighted by molar-refractivity contribution is -0.115. The van der Waals surface area contributed by atoms with Crippen LogP contribution in [0.1, 0.15) is 12.7 Å². The highest BCUT2D eigenvalue weighted by Gasteiger charge is 2.18. The van der Waals surface area contributed by atoms with Crippen molar-refractivity contribution in [2.45, 2.75) is 34.9 Å². The summed E-state index contributed by atoms with van der Waals surface area (Å²) < 4.78 is 26.3. The number of aryl methyl sites for hydroxylation is 1. The summed E-state index contributed by atoms with van der Waals surface area (Å²) in [5.41, 5.74) is 0.565. The number of carbonyl (C=O) groups is 1. The lowest BCUT2D eigenvalue weighted by Crippen LogP contribution is -2.22. The van der Waals surface area contributed by atoms with E-state index in [9.17, 15) is 13.6 Å². The van der Waals surface area contributed by atoms with Crippen LogP contribution in [0.5, 0.6) is 0 Å². The Morgan fingerprint density at radius 3 is 2.39 bits per heavy atom. The van der Waals surface area contributed by atoms with Gasteiger partial charge in [-0.2, -0.15) is 8.78 Å². The van der Waals surface area contributed by atoms with Crippen LogP contribution in [0.4, 0.5) is 14.5 Å². The zero-order valence-electron chi connectivity index (χ0n) is 12.8. The van der Waals surface area contributed by atoms with Crippen molar-refractivity contribution in [2.75, 3.05) is 5.32 Å². The summed E-state index contributed by atoms with van der Waals surface area (Å²) in [6.45, 7) is 3.60. The molecule has 2 aromatic rings. The average Bonchev–Trinajstić information content (AvgIpc) is 2.80. The van der Waals surface area contributed by atoms with Crippen LogP contribution < -0.4 is 5.32 Å². The van der Waals surface area contributed by atoms with E-state index in [4.69, 9.17) is 0 Å². The molecule has 0 bridgehead atoms. The summed E-state index contributed by atoms with van der Waals surface area (Å²) >= 11 is 1.77. The molecule has 0 saturated carbocycles. The molecule has 0 unspecified atom stereocenters. The minimum Gasteiger partial charge on any atom is -0.325 e. The van der Waals surface area contributed by atoms with E-state index in [-0.39, 0.29) is 11.2 Å². The van der Waals surface area contributed by atoms with Gasteiger partial charge in [-0.25, -0.2) is 0 Å². The molecule has 9 heteroatoms. The molecule has 0 fully saturated rings. The van der Waals surface area contributed by atoms with Gasteiger partial charge in [0.05, 0.1) is 5.25 Å². The first-order chi connectivity index (χ1) is 10.9. The van der Waals surface area contributed by atoms with Crippen LogP contribution in [0.15, 0.2) is 34.3 Å². The highest BCUT2D eigenvalue weighted by atomic mass is 32.2. The largest absolute Gasteiger partial charge is 0.325 e. The first-order valence-corrected chi connectivity index (χ1v) is 8.51. The smallest absolute Gasteiger partial charge is 0.288 e. The molecule has 1 amide bonds. The molecule has 124 valence electrons. The molecule has 0 radical (unpaired) electrons. The summed E-state index contributed by atoms with van der Waals surface area (Å²) in [6, 6.07) is 6.31. The second-order valence-electron chi connectivity index (χ2n) is 4.74. The third-order valence-electron chi connectivity index (χ3n) is 3.05. The first-order valence-electron chi connectivity index (χ1n) is 6.75. The lowest BCUT2D eigenvalue weighted by Gasteiger charge is -2.12. The number of anilines is 1. The molecule has 1 aromatic heterocycles. The Morgan fingerprint density at radius 2 is 1.87 bits per heavy atom. The molecular formula is C14H16F2N4OS2. The normalized spacial score (nSPS) is 12.4. The fourth-order valence-electron chi connectivity index (χ4n) is 1.67. The maximum Gasteiger partial charge on any atom is 0.288 e. The Labute approximate surface area is 141 Å². The van der Waals surface area contributed by atoms with Gasteiger partial charge in [0.15, 0.2) is 5.16 Å². The number of hydrogen-bond donors (Lipinski definition) is 1. The Morgan fingerprint density at radius 1 is 1.22 bits per heavy atom. The number of hydrogen-bond acceptors (Lipinski definition) is 5. The standard InChI is InChI=1S/C14H16F2N4OS2/c1-8(22-14-19-18-9(2)20(14)3)12(21)17-10-4-6-11(7-5-10)23-13(15)16/h4-8,13H,1-3H3,(H,17,21)/t8-/m1/s1. The summed E-state index contributed by atoms with van der Waals surface area (Å²) in [6.07, 6.45) is 0. The molecular weight excluding hydrogens is 342 g/mol. The Kier molecular flexibility index (Phi) is 6.00. The van der Waals surface area contributed by atoms with Gasteiger partial charge in [-0.1, -0.05) is 23.5 Å². The minimum atomic E-state index is -2.46. The zero-order valence-corrected chi connectivity index (χ0v) is 14.4. The van der Waals surface area contributed by atoms with Gasteiger partial charge in [0.2, 0.25) is 5.91 Å². The zero-order chi connectivity index (χ0) is 17.0. The van der Waals surface area contributed by atoms with Crippen molar-refractivity contribution in [2.24, 2.45) is 7.05 Å². The fourth-order valence-corrected chi connectivity index (χ4v) is 3.02. The molecule has 5 nitrogen and oxygen atoms in total. The number of thioether (sulfide) groups is 2. The van der Waals surface area contributed by atoms with E-state index in [1.54, 1.807) is 31.2 Å². The molecule has 1 aromatic carbocycles. The molecule has 0 aliphatic heterocycles. The Bertz CT molecular complexity index is 676. The van der Waals surface area contributed by atoms with Gasteiger partial charge < -0.3 is 9.88 Å². The molecule has 0 aliphatic rings. The fraction of sp³-hybridized carbons (Fsp3) is 0.357. The number of nitrogens with one attached hydrogen (secondary N) is 1. The van der Waals surface area contributed by atoms with Gasteiger partial charge in [0, 0.05) is 17.6 Å². The predicted molar refractivity (Wildman–Crippen MR) is 88.0 cm³/mol. The van der Waals surface area contributed by atoms with Gasteiger partial charge in [0.25, 0.3) is 5.76 Å². The van der Waals surface area contributed by atoms with Crippen molar-refractivity contribution in [3.05, 3.63) is 30.1 Å². The quantitative estimate of drug-likeness (QED) is 0.800.